The molecule has 0 N–H and O–H groups in total. The van der Waals surface area contributed by atoms with Gasteiger partial charge in [-0.2, -0.15) is 0 Å². The van der Waals surface area contributed by atoms with Crippen molar-refractivity contribution < 1.29 is 0 Å². The minimum Gasteiger partial charge on any atom is -0.356 e. The van der Waals surface area contributed by atoms with Crippen LogP contribution < -0.4 is 0 Å². The Morgan fingerprint density at radius 1 is 1.27 bits per heavy atom. The van der Waals surface area contributed by atoms with Crippen LogP contribution in [-0.4, -0.2) is 29.9 Å². The third-order valence-corrected chi connectivity index (χ3v) is 2.05. The minimum absolute atomic E-state index is 0.583. The van der Waals surface area contributed by atoms with Gasteiger partial charge in [-0.15, -0.1) is 0 Å². The zero-order chi connectivity index (χ0) is 8.43. The summed E-state index contributed by atoms with van der Waals surface area (Å²) in [6.07, 6.45) is 0. The molecule has 0 radical (unpaired) electrons. The van der Waals surface area contributed by atoms with E-state index >= 15 is 0 Å². The third kappa shape index (κ3) is 1.73. The Morgan fingerprint density at radius 3 is 2.27 bits per heavy atom. The minimum atomic E-state index is 0.583. The van der Waals surface area contributed by atoms with Gasteiger partial charge in [-0.3, -0.25) is 4.99 Å². The molecule has 0 saturated heterocycles. The summed E-state index contributed by atoms with van der Waals surface area (Å²) in [7, 11) is 0. The molecule has 2 heteroatoms. The normalized spacial score (nSPS) is 18.4. The van der Waals surface area contributed by atoms with Crippen molar-refractivity contribution in [2.45, 2.75) is 33.7 Å². The Hall–Kier alpha value is -0.530. The lowest BCUT2D eigenvalue weighted by Crippen LogP contribution is -2.36. The Morgan fingerprint density at radius 2 is 1.91 bits per heavy atom. The van der Waals surface area contributed by atoms with Crippen molar-refractivity contribution in [2.75, 3.05) is 13.1 Å². The predicted octanol–water partition coefficient (Wildman–Crippen LogP) is 1.76. The van der Waals surface area contributed by atoms with Gasteiger partial charge in [-0.25, -0.2) is 0 Å². The van der Waals surface area contributed by atoms with E-state index in [1.54, 1.807) is 0 Å². The van der Waals surface area contributed by atoms with Crippen LogP contribution in [0.3, 0.4) is 0 Å². The fourth-order valence-corrected chi connectivity index (χ4v) is 1.51. The first-order chi connectivity index (χ1) is 5.13. The van der Waals surface area contributed by atoms with Gasteiger partial charge in [0.1, 0.15) is 5.84 Å². The fourth-order valence-electron chi connectivity index (χ4n) is 1.51. The molecule has 0 bridgehead atoms. The van der Waals surface area contributed by atoms with E-state index in [2.05, 4.69) is 37.6 Å². The van der Waals surface area contributed by atoms with Gasteiger partial charge in [-0.1, -0.05) is 13.8 Å². The lowest BCUT2D eigenvalue weighted by molar-refractivity contribution is 0.366. The van der Waals surface area contributed by atoms with Crippen LogP contribution in [0, 0.1) is 5.92 Å². The van der Waals surface area contributed by atoms with Crippen molar-refractivity contribution in [1.82, 2.24) is 4.90 Å². The average molecular weight is 154 g/mol. The van der Waals surface area contributed by atoms with Crippen LogP contribution in [0.2, 0.25) is 0 Å². The van der Waals surface area contributed by atoms with Gasteiger partial charge in [0.15, 0.2) is 0 Å². The van der Waals surface area contributed by atoms with Crippen molar-refractivity contribution >= 4 is 5.84 Å². The van der Waals surface area contributed by atoms with Crippen molar-refractivity contribution in [3.63, 3.8) is 0 Å². The maximum atomic E-state index is 4.48. The maximum absolute atomic E-state index is 4.48. The summed E-state index contributed by atoms with van der Waals surface area (Å²) >= 11 is 0. The molecule has 1 aliphatic rings. The summed E-state index contributed by atoms with van der Waals surface area (Å²) in [5.41, 5.74) is 0. The molecule has 0 spiro atoms. The zero-order valence-corrected chi connectivity index (χ0v) is 7.96. The molecule has 0 aromatic heterocycles. The van der Waals surface area contributed by atoms with E-state index < -0.39 is 0 Å². The monoisotopic (exact) mass is 154 g/mol. The Bertz CT molecular complexity index is 159. The van der Waals surface area contributed by atoms with Crippen LogP contribution in [0.1, 0.15) is 27.7 Å². The van der Waals surface area contributed by atoms with Gasteiger partial charge in [0.25, 0.3) is 0 Å². The van der Waals surface area contributed by atoms with E-state index in [1.165, 1.54) is 5.84 Å². The molecule has 64 valence electrons. The molecular formula is C9H18N2. The molecular weight excluding hydrogens is 136 g/mol. The first kappa shape index (κ1) is 8.57. The van der Waals surface area contributed by atoms with Gasteiger partial charge < -0.3 is 4.90 Å². The Labute approximate surface area is 69.3 Å². The molecule has 1 rings (SSSR count). The fraction of sp³-hybridized carbons (Fsp3) is 0.889. The molecule has 0 fully saturated rings. The van der Waals surface area contributed by atoms with Gasteiger partial charge in [-0.05, 0) is 13.8 Å². The summed E-state index contributed by atoms with van der Waals surface area (Å²) in [5.74, 6) is 1.87. The van der Waals surface area contributed by atoms with Gasteiger partial charge in [0.05, 0.1) is 6.54 Å². The molecule has 0 saturated carbocycles. The highest BCUT2D eigenvalue weighted by Gasteiger charge is 2.21. The number of amidine groups is 1. The summed E-state index contributed by atoms with van der Waals surface area (Å²) < 4.78 is 0. The first-order valence-corrected chi connectivity index (χ1v) is 4.44. The van der Waals surface area contributed by atoms with E-state index in [9.17, 15) is 0 Å². The van der Waals surface area contributed by atoms with Crippen LogP contribution >= 0.6 is 0 Å². The van der Waals surface area contributed by atoms with Crippen molar-refractivity contribution in [3.05, 3.63) is 0 Å². The van der Waals surface area contributed by atoms with Crippen LogP contribution in [0.15, 0.2) is 4.99 Å². The van der Waals surface area contributed by atoms with E-state index in [0.717, 1.165) is 13.1 Å². The molecule has 0 aromatic rings. The van der Waals surface area contributed by atoms with Gasteiger partial charge >= 0.3 is 0 Å². The van der Waals surface area contributed by atoms with E-state index in [1.807, 2.05) is 0 Å². The summed E-state index contributed by atoms with van der Waals surface area (Å²) in [4.78, 5) is 6.87. The summed E-state index contributed by atoms with van der Waals surface area (Å²) in [6, 6.07) is 0.610. The molecule has 0 aliphatic carbocycles. The summed E-state index contributed by atoms with van der Waals surface area (Å²) in [5, 5.41) is 0. The van der Waals surface area contributed by atoms with E-state index in [-0.39, 0.29) is 0 Å². The van der Waals surface area contributed by atoms with Crippen LogP contribution in [0.25, 0.3) is 0 Å². The van der Waals surface area contributed by atoms with Crippen molar-refractivity contribution in [2.24, 2.45) is 10.9 Å². The smallest absolute Gasteiger partial charge is 0.102 e. The summed E-state index contributed by atoms with van der Waals surface area (Å²) in [6.45, 7) is 11.0. The number of rotatable bonds is 2. The third-order valence-electron chi connectivity index (χ3n) is 2.05. The zero-order valence-electron chi connectivity index (χ0n) is 7.96. The SMILES string of the molecule is CC(C)C1=NCCN1C(C)C. The standard InChI is InChI=1S/C9H18N2/c1-7(2)9-10-5-6-11(9)8(3)4/h7-8H,5-6H2,1-4H3. The largest absolute Gasteiger partial charge is 0.356 e. The Kier molecular flexibility index (Phi) is 2.53. The molecule has 2 nitrogen and oxygen atoms in total. The quantitative estimate of drug-likeness (QED) is 0.592. The number of hydrogen-bond donors (Lipinski definition) is 0. The highest BCUT2D eigenvalue weighted by Crippen LogP contribution is 2.12. The molecule has 0 aromatic carbocycles. The highest BCUT2D eigenvalue weighted by atomic mass is 15.3. The molecule has 1 heterocycles. The van der Waals surface area contributed by atoms with Crippen LogP contribution in [0.5, 0.6) is 0 Å². The number of nitrogens with zero attached hydrogens (tertiary/aromatic N) is 2. The van der Waals surface area contributed by atoms with E-state index in [0.29, 0.717) is 12.0 Å². The van der Waals surface area contributed by atoms with Crippen LogP contribution in [-0.2, 0) is 0 Å². The predicted molar refractivity (Wildman–Crippen MR) is 49.0 cm³/mol. The first-order valence-electron chi connectivity index (χ1n) is 4.44. The molecule has 11 heavy (non-hydrogen) atoms. The van der Waals surface area contributed by atoms with Crippen LogP contribution in [0.4, 0.5) is 0 Å². The van der Waals surface area contributed by atoms with Gasteiger partial charge in [0.2, 0.25) is 0 Å². The molecule has 1 aliphatic heterocycles. The number of hydrogen-bond acceptors (Lipinski definition) is 2. The second-order valence-corrected chi connectivity index (χ2v) is 3.68. The number of aliphatic imine (C=N–C) groups is 1. The van der Waals surface area contributed by atoms with Gasteiger partial charge in [0, 0.05) is 18.5 Å². The van der Waals surface area contributed by atoms with E-state index in [4.69, 9.17) is 0 Å². The maximum Gasteiger partial charge on any atom is 0.102 e. The molecule has 0 amide bonds. The Balaban J connectivity index is 2.63. The lowest BCUT2D eigenvalue weighted by Gasteiger charge is -2.26. The highest BCUT2D eigenvalue weighted by molar-refractivity contribution is 5.85. The van der Waals surface area contributed by atoms with Crippen molar-refractivity contribution in [1.29, 1.82) is 0 Å². The topological polar surface area (TPSA) is 15.6 Å². The molecule has 0 unspecified atom stereocenters. The second kappa shape index (κ2) is 3.24. The lowest BCUT2D eigenvalue weighted by atomic mass is 10.1. The average Bonchev–Trinajstić information content (AvgIpc) is 2.32. The van der Waals surface area contributed by atoms with Crippen molar-refractivity contribution in [3.8, 4) is 0 Å². The second-order valence-electron chi connectivity index (χ2n) is 3.68. The molecule has 0 atom stereocenters.